The molecule has 0 aromatic heterocycles. The van der Waals surface area contributed by atoms with E-state index in [1.54, 1.807) is 24.3 Å². The van der Waals surface area contributed by atoms with Crippen LogP contribution in [0.1, 0.15) is 20.7 Å². The lowest BCUT2D eigenvalue weighted by Gasteiger charge is -2.08. The van der Waals surface area contributed by atoms with Crippen LogP contribution in [0.3, 0.4) is 0 Å². The molecule has 0 saturated heterocycles. The number of benzene rings is 2. The van der Waals surface area contributed by atoms with Crippen molar-refractivity contribution in [2.24, 2.45) is 5.73 Å². The van der Waals surface area contributed by atoms with E-state index < -0.39 is 5.91 Å². The molecule has 0 radical (unpaired) electrons. The molecule has 0 aliphatic carbocycles. The standard InChI is InChI=1S/C16H16N4O3/c1-18-16(23)20-13-8-6-12(7-9-13)19-15(22)11-4-2-10(3-5-11)14(17)21/h2-9H,1H3,(H2,17,21)(H,19,22)(H2,18,20,23). The first-order valence-corrected chi connectivity index (χ1v) is 6.79. The van der Waals surface area contributed by atoms with E-state index in [1.165, 1.54) is 31.3 Å². The zero-order chi connectivity index (χ0) is 16.8. The molecular formula is C16H16N4O3. The third-order valence-corrected chi connectivity index (χ3v) is 3.06. The van der Waals surface area contributed by atoms with E-state index in [1.807, 2.05) is 0 Å². The lowest BCUT2D eigenvalue weighted by molar-refractivity contribution is 0.0995. The molecule has 0 atom stereocenters. The number of carbonyl (C=O) groups excluding carboxylic acids is 3. The van der Waals surface area contributed by atoms with Gasteiger partial charge in [0.15, 0.2) is 0 Å². The smallest absolute Gasteiger partial charge is 0.318 e. The molecule has 4 amide bonds. The van der Waals surface area contributed by atoms with Gasteiger partial charge in [-0.15, -0.1) is 0 Å². The summed E-state index contributed by atoms with van der Waals surface area (Å²) in [6.07, 6.45) is 0. The fourth-order valence-electron chi connectivity index (χ4n) is 1.82. The van der Waals surface area contributed by atoms with Crippen LogP contribution >= 0.6 is 0 Å². The van der Waals surface area contributed by atoms with Crippen molar-refractivity contribution in [3.63, 3.8) is 0 Å². The molecule has 2 aromatic carbocycles. The van der Waals surface area contributed by atoms with Crippen LogP contribution in [0.4, 0.5) is 16.2 Å². The number of primary amides is 1. The van der Waals surface area contributed by atoms with Gasteiger partial charge in [-0.05, 0) is 48.5 Å². The van der Waals surface area contributed by atoms with Crippen molar-refractivity contribution in [2.45, 2.75) is 0 Å². The molecule has 0 aliphatic heterocycles. The molecule has 0 fully saturated rings. The number of nitrogens with two attached hydrogens (primary N) is 1. The number of rotatable bonds is 4. The molecular weight excluding hydrogens is 296 g/mol. The number of hydrogen-bond donors (Lipinski definition) is 4. The van der Waals surface area contributed by atoms with Crippen LogP contribution in [0, 0.1) is 0 Å². The maximum atomic E-state index is 12.1. The Labute approximate surface area is 132 Å². The predicted octanol–water partition coefficient (Wildman–Crippen LogP) is 1.79. The van der Waals surface area contributed by atoms with E-state index in [-0.39, 0.29) is 11.9 Å². The maximum Gasteiger partial charge on any atom is 0.318 e. The van der Waals surface area contributed by atoms with Gasteiger partial charge in [0.05, 0.1) is 0 Å². The molecule has 0 aliphatic rings. The van der Waals surface area contributed by atoms with E-state index in [0.717, 1.165) is 0 Å². The van der Waals surface area contributed by atoms with Crippen LogP contribution < -0.4 is 21.7 Å². The maximum absolute atomic E-state index is 12.1. The van der Waals surface area contributed by atoms with Crippen LogP contribution in [-0.4, -0.2) is 24.9 Å². The van der Waals surface area contributed by atoms with E-state index in [0.29, 0.717) is 22.5 Å². The summed E-state index contributed by atoms with van der Waals surface area (Å²) >= 11 is 0. The van der Waals surface area contributed by atoms with Crippen molar-refractivity contribution in [2.75, 3.05) is 17.7 Å². The Bertz CT molecular complexity index is 724. The van der Waals surface area contributed by atoms with Gasteiger partial charge in [-0.1, -0.05) is 0 Å². The van der Waals surface area contributed by atoms with Crippen LogP contribution in [0.5, 0.6) is 0 Å². The first-order valence-electron chi connectivity index (χ1n) is 6.79. The molecule has 118 valence electrons. The summed E-state index contributed by atoms with van der Waals surface area (Å²) in [5.74, 6) is -0.857. The Hall–Kier alpha value is -3.35. The molecule has 2 aromatic rings. The second kappa shape index (κ2) is 7.08. The lowest BCUT2D eigenvalue weighted by Crippen LogP contribution is -2.24. The van der Waals surface area contributed by atoms with E-state index in [4.69, 9.17) is 5.73 Å². The van der Waals surface area contributed by atoms with Gasteiger partial charge in [-0.2, -0.15) is 0 Å². The van der Waals surface area contributed by atoms with Crippen LogP contribution in [0.25, 0.3) is 0 Å². The van der Waals surface area contributed by atoms with Gasteiger partial charge >= 0.3 is 6.03 Å². The summed E-state index contributed by atoms with van der Waals surface area (Å²) in [6.45, 7) is 0. The van der Waals surface area contributed by atoms with Gasteiger partial charge in [0, 0.05) is 29.5 Å². The Kier molecular flexibility index (Phi) is 4.93. The molecule has 0 spiro atoms. The first kappa shape index (κ1) is 16.0. The second-order valence-corrected chi connectivity index (χ2v) is 4.68. The largest absolute Gasteiger partial charge is 0.366 e. The molecule has 0 unspecified atom stereocenters. The minimum absolute atomic E-state index is 0.312. The summed E-state index contributed by atoms with van der Waals surface area (Å²) in [6, 6.07) is 12.4. The second-order valence-electron chi connectivity index (χ2n) is 4.68. The van der Waals surface area contributed by atoms with Crippen molar-refractivity contribution < 1.29 is 14.4 Å². The molecule has 0 saturated carbocycles. The average molecular weight is 312 g/mol. The summed E-state index contributed by atoms with van der Waals surface area (Å²) in [5, 5.41) is 7.77. The van der Waals surface area contributed by atoms with Crippen molar-refractivity contribution in [3.8, 4) is 0 Å². The summed E-state index contributed by atoms with van der Waals surface area (Å²) in [4.78, 5) is 34.3. The summed E-state index contributed by atoms with van der Waals surface area (Å²) < 4.78 is 0. The number of amides is 4. The monoisotopic (exact) mass is 312 g/mol. The number of anilines is 2. The SMILES string of the molecule is CNC(=O)Nc1ccc(NC(=O)c2ccc(C(N)=O)cc2)cc1. The van der Waals surface area contributed by atoms with E-state index in [2.05, 4.69) is 16.0 Å². The van der Waals surface area contributed by atoms with Gasteiger partial charge in [0.25, 0.3) is 5.91 Å². The molecule has 2 rings (SSSR count). The lowest BCUT2D eigenvalue weighted by atomic mass is 10.1. The first-order chi connectivity index (χ1) is 11.0. The van der Waals surface area contributed by atoms with Crippen LogP contribution in [0.15, 0.2) is 48.5 Å². The van der Waals surface area contributed by atoms with E-state index >= 15 is 0 Å². The van der Waals surface area contributed by atoms with Crippen LogP contribution in [0.2, 0.25) is 0 Å². The Morgan fingerprint density at radius 2 is 1.26 bits per heavy atom. The fraction of sp³-hybridized carbons (Fsp3) is 0.0625. The highest BCUT2D eigenvalue weighted by molar-refractivity contribution is 6.05. The van der Waals surface area contributed by atoms with Crippen molar-refractivity contribution >= 4 is 29.2 Å². The van der Waals surface area contributed by atoms with Crippen molar-refractivity contribution in [3.05, 3.63) is 59.7 Å². The molecule has 5 N–H and O–H groups in total. The summed E-state index contributed by atoms with van der Waals surface area (Å²) in [7, 11) is 1.52. The highest BCUT2D eigenvalue weighted by atomic mass is 16.2. The minimum Gasteiger partial charge on any atom is -0.366 e. The van der Waals surface area contributed by atoms with Gasteiger partial charge in [0.2, 0.25) is 5.91 Å². The normalized spacial score (nSPS) is 9.78. The van der Waals surface area contributed by atoms with Gasteiger partial charge in [-0.25, -0.2) is 4.79 Å². The zero-order valence-electron chi connectivity index (χ0n) is 12.4. The Morgan fingerprint density at radius 1 is 0.783 bits per heavy atom. The highest BCUT2D eigenvalue weighted by Gasteiger charge is 2.08. The Balaban J connectivity index is 2.02. The molecule has 0 heterocycles. The van der Waals surface area contributed by atoms with E-state index in [9.17, 15) is 14.4 Å². The number of hydrogen-bond acceptors (Lipinski definition) is 3. The number of nitrogens with one attached hydrogen (secondary N) is 3. The number of urea groups is 1. The van der Waals surface area contributed by atoms with Gasteiger partial charge in [-0.3, -0.25) is 9.59 Å². The predicted molar refractivity (Wildman–Crippen MR) is 87.4 cm³/mol. The number of carbonyl (C=O) groups is 3. The van der Waals surface area contributed by atoms with Crippen molar-refractivity contribution in [1.82, 2.24) is 5.32 Å². The van der Waals surface area contributed by atoms with Gasteiger partial charge < -0.3 is 21.7 Å². The quantitative estimate of drug-likeness (QED) is 0.690. The highest BCUT2D eigenvalue weighted by Crippen LogP contribution is 2.15. The third-order valence-electron chi connectivity index (χ3n) is 3.06. The fourth-order valence-corrected chi connectivity index (χ4v) is 1.82. The topological polar surface area (TPSA) is 113 Å². The molecule has 23 heavy (non-hydrogen) atoms. The minimum atomic E-state index is -0.545. The molecule has 7 heteroatoms. The molecule has 0 bridgehead atoms. The average Bonchev–Trinajstić information content (AvgIpc) is 2.56. The van der Waals surface area contributed by atoms with Crippen molar-refractivity contribution in [1.29, 1.82) is 0 Å². The van der Waals surface area contributed by atoms with Crippen LogP contribution in [-0.2, 0) is 0 Å². The molecule has 7 nitrogen and oxygen atoms in total. The van der Waals surface area contributed by atoms with Gasteiger partial charge in [0.1, 0.15) is 0 Å². The Morgan fingerprint density at radius 3 is 1.74 bits per heavy atom. The summed E-state index contributed by atoms with van der Waals surface area (Å²) in [5.41, 5.74) is 7.08. The third kappa shape index (κ3) is 4.31. The zero-order valence-corrected chi connectivity index (χ0v) is 12.4.